The van der Waals surface area contributed by atoms with Gasteiger partial charge < -0.3 is 14.4 Å². The van der Waals surface area contributed by atoms with Crippen LogP contribution < -0.4 is 0 Å². The largest absolute Gasteiger partial charge is 0.478 e. The van der Waals surface area contributed by atoms with Crippen LogP contribution in [0.3, 0.4) is 0 Å². The number of rotatable bonds is 10. The van der Waals surface area contributed by atoms with Crippen LogP contribution in [0.25, 0.3) is 0 Å². The van der Waals surface area contributed by atoms with E-state index < -0.39 is 16.0 Å². The van der Waals surface area contributed by atoms with Gasteiger partial charge in [0.05, 0.1) is 0 Å². The van der Waals surface area contributed by atoms with Crippen LogP contribution in [0.15, 0.2) is 9.31 Å². The fraction of sp³-hybridized carbons (Fsp3) is 0.706. The molecule has 0 amide bonds. The van der Waals surface area contributed by atoms with Crippen molar-refractivity contribution in [3.8, 4) is 0 Å². The number of likely N-dealkylation sites (N-methyl/N-ethyl adjacent to an activating group) is 1. The van der Waals surface area contributed by atoms with Crippen molar-refractivity contribution in [2.24, 2.45) is 5.92 Å². The van der Waals surface area contributed by atoms with Gasteiger partial charge in [-0.25, -0.2) is 13.2 Å². The Hall–Kier alpha value is -1.38. The molecule has 1 aromatic rings. The second kappa shape index (κ2) is 8.82. The van der Waals surface area contributed by atoms with Crippen molar-refractivity contribution in [2.75, 3.05) is 32.7 Å². The van der Waals surface area contributed by atoms with E-state index in [0.29, 0.717) is 19.6 Å². The minimum Gasteiger partial charge on any atom is -0.478 e. The van der Waals surface area contributed by atoms with Gasteiger partial charge in [-0.3, -0.25) is 0 Å². The molecule has 0 aliphatic heterocycles. The standard InChI is InChI=1S/C17H30N2O5S/c1-7-18(8-2)9-10-19(11-12(3)4)25(22,23)16-14(6)24-13(5)15(16)17(20)21/h12H,7-11H2,1-6H3,(H,20,21). The predicted molar refractivity (Wildman–Crippen MR) is 96.5 cm³/mol. The van der Waals surface area contributed by atoms with Gasteiger partial charge in [0.25, 0.3) is 0 Å². The Bertz CT molecular complexity index is 690. The van der Waals surface area contributed by atoms with Crippen LogP contribution in [0.1, 0.15) is 49.6 Å². The molecule has 0 aliphatic rings. The van der Waals surface area contributed by atoms with Crippen LogP contribution >= 0.6 is 0 Å². The third-order valence-electron chi connectivity index (χ3n) is 4.15. The lowest BCUT2D eigenvalue weighted by molar-refractivity contribution is 0.0691. The van der Waals surface area contributed by atoms with Crippen LogP contribution in [0.4, 0.5) is 0 Å². The normalized spacial score (nSPS) is 12.5. The summed E-state index contributed by atoms with van der Waals surface area (Å²) in [6, 6.07) is 0. The van der Waals surface area contributed by atoms with Gasteiger partial charge in [-0.15, -0.1) is 0 Å². The Morgan fingerprint density at radius 3 is 2.12 bits per heavy atom. The van der Waals surface area contributed by atoms with E-state index in [1.54, 1.807) is 0 Å². The second-order valence-corrected chi connectivity index (χ2v) is 8.38. The van der Waals surface area contributed by atoms with Crippen LogP contribution in [-0.4, -0.2) is 61.4 Å². The van der Waals surface area contributed by atoms with Crippen molar-refractivity contribution in [3.05, 3.63) is 17.1 Å². The molecule has 0 unspecified atom stereocenters. The molecule has 0 saturated heterocycles. The van der Waals surface area contributed by atoms with Crippen LogP contribution in [0.5, 0.6) is 0 Å². The molecule has 25 heavy (non-hydrogen) atoms. The van der Waals surface area contributed by atoms with Crippen LogP contribution in [0, 0.1) is 19.8 Å². The third kappa shape index (κ3) is 5.05. The maximum Gasteiger partial charge on any atom is 0.340 e. The number of hydrogen-bond acceptors (Lipinski definition) is 5. The van der Waals surface area contributed by atoms with Gasteiger partial charge in [0, 0.05) is 19.6 Å². The van der Waals surface area contributed by atoms with E-state index in [1.165, 1.54) is 18.2 Å². The minimum absolute atomic E-state index is 0.108. The van der Waals surface area contributed by atoms with Crippen molar-refractivity contribution < 1.29 is 22.7 Å². The highest BCUT2D eigenvalue weighted by atomic mass is 32.2. The van der Waals surface area contributed by atoms with E-state index in [0.717, 1.165) is 13.1 Å². The molecule has 7 nitrogen and oxygen atoms in total. The average Bonchev–Trinajstić information content (AvgIpc) is 2.81. The molecule has 1 heterocycles. The second-order valence-electron chi connectivity index (χ2n) is 6.51. The summed E-state index contributed by atoms with van der Waals surface area (Å²) in [4.78, 5) is 13.5. The number of aromatic carboxylic acids is 1. The SMILES string of the molecule is CCN(CC)CCN(CC(C)C)S(=O)(=O)c1c(C)oc(C)c1C(=O)O. The van der Waals surface area contributed by atoms with Gasteiger partial charge in [0.1, 0.15) is 22.0 Å². The lowest BCUT2D eigenvalue weighted by Crippen LogP contribution is -2.41. The molecule has 0 radical (unpaired) electrons. The zero-order valence-electron chi connectivity index (χ0n) is 16.0. The highest BCUT2D eigenvalue weighted by molar-refractivity contribution is 7.89. The van der Waals surface area contributed by atoms with Crippen molar-refractivity contribution in [1.82, 2.24) is 9.21 Å². The molecule has 1 rings (SSSR count). The van der Waals surface area contributed by atoms with Crippen LogP contribution in [-0.2, 0) is 10.0 Å². The van der Waals surface area contributed by atoms with Crippen LogP contribution in [0.2, 0.25) is 0 Å². The minimum atomic E-state index is -3.96. The smallest absolute Gasteiger partial charge is 0.340 e. The molecule has 0 aliphatic carbocycles. The fourth-order valence-corrected chi connectivity index (χ4v) is 4.83. The maximum atomic E-state index is 13.2. The molecule has 0 aromatic carbocycles. The zero-order chi connectivity index (χ0) is 19.4. The number of carbonyl (C=O) groups is 1. The maximum absolute atomic E-state index is 13.2. The Balaban J connectivity index is 3.31. The predicted octanol–water partition coefficient (Wildman–Crippen LogP) is 2.58. The van der Waals surface area contributed by atoms with Crippen molar-refractivity contribution in [2.45, 2.75) is 46.4 Å². The van der Waals surface area contributed by atoms with E-state index >= 15 is 0 Å². The molecule has 0 saturated carbocycles. The molecule has 1 aromatic heterocycles. The summed E-state index contributed by atoms with van der Waals surface area (Å²) in [5.74, 6) is -0.947. The molecular formula is C17H30N2O5S. The first kappa shape index (κ1) is 21.7. The van der Waals surface area contributed by atoms with Crippen molar-refractivity contribution in [3.63, 3.8) is 0 Å². The topological polar surface area (TPSA) is 91.1 Å². The molecule has 1 N–H and O–H groups in total. The van der Waals surface area contributed by atoms with E-state index in [1.807, 2.05) is 27.7 Å². The van der Waals surface area contributed by atoms with E-state index in [9.17, 15) is 18.3 Å². The van der Waals surface area contributed by atoms with Gasteiger partial charge >= 0.3 is 5.97 Å². The van der Waals surface area contributed by atoms with E-state index in [4.69, 9.17) is 4.42 Å². The van der Waals surface area contributed by atoms with Gasteiger partial charge in [-0.2, -0.15) is 4.31 Å². The first-order chi connectivity index (χ1) is 11.6. The number of sulfonamides is 1. The van der Waals surface area contributed by atoms with Gasteiger partial charge in [-0.1, -0.05) is 27.7 Å². The number of aryl methyl sites for hydroxylation is 2. The van der Waals surface area contributed by atoms with Gasteiger partial charge in [0.15, 0.2) is 0 Å². The van der Waals surface area contributed by atoms with E-state index in [2.05, 4.69) is 4.90 Å². The molecule has 144 valence electrons. The number of carboxylic acid groups (broad SMARTS) is 1. The van der Waals surface area contributed by atoms with Crippen molar-refractivity contribution >= 4 is 16.0 Å². The number of nitrogens with zero attached hydrogens (tertiary/aromatic N) is 2. The monoisotopic (exact) mass is 374 g/mol. The lowest BCUT2D eigenvalue weighted by Gasteiger charge is -2.27. The van der Waals surface area contributed by atoms with Crippen molar-refractivity contribution in [1.29, 1.82) is 0 Å². The highest BCUT2D eigenvalue weighted by Gasteiger charge is 2.35. The first-order valence-electron chi connectivity index (χ1n) is 8.61. The Morgan fingerprint density at radius 1 is 1.12 bits per heavy atom. The van der Waals surface area contributed by atoms with Gasteiger partial charge in [0.2, 0.25) is 10.0 Å². The van der Waals surface area contributed by atoms with E-state index in [-0.39, 0.29) is 27.9 Å². The number of carboxylic acids is 1. The zero-order valence-corrected chi connectivity index (χ0v) is 16.8. The Kier molecular flexibility index (Phi) is 7.64. The Morgan fingerprint density at radius 2 is 1.68 bits per heavy atom. The van der Waals surface area contributed by atoms with Gasteiger partial charge in [-0.05, 0) is 32.9 Å². The number of furan rings is 1. The summed E-state index contributed by atoms with van der Waals surface area (Å²) < 4.78 is 33.1. The highest BCUT2D eigenvalue weighted by Crippen LogP contribution is 2.29. The summed E-state index contributed by atoms with van der Waals surface area (Å²) in [5, 5.41) is 9.43. The lowest BCUT2D eigenvalue weighted by atomic mass is 10.2. The quantitative estimate of drug-likeness (QED) is 0.677. The molecule has 8 heteroatoms. The first-order valence-corrected chi connectivity index (χ1v) is 10.1. The summed E-state index contributed by atoms with van der Waals surface area (Å²) in [5.41, 5.74) is -0.269. The Labute approximate surface area is 150 Å². The summed E-state index contributed by atoms with van der Waals surface area (Å²) in [6.07, 6.45) is 0. The third-order valence-corrected chi connectivity index (χ3v) is 6.16. The molecular weight excluding hydrogens is 344 g/mol. The molecule has 0 fully saturated rings. The molecule has 0 spiro atoms. The molecule has 0 atom stereocenters. The molecule has 0 bridgehead atoms. The fourth-order valence-electron chi connectivity index (χ4n) is 2.86. The summed E-state index contributed by atoms with van der Waals surface area (Å²) >= 11 is 0. The summed E-state index contributed by atoms with van der Waals surface area (Å²) in [7, 11) is -3.96. The summed E-state index contributed by atoms with van der Waals surface area (Å²) in [6.45, 7) is 13.8. The number of hydrogen-bond donors (Lipinski definition) is 1. The average molecular weight is 375 g/mol.